The highest BCUT2D eigenvalue weighted by Crippen LogP contribution is 2.50. The van der Waals surface area contributed by atoms with E-state index in [2.05, 4.69) is 30.2 Å². The molecule has 0 amide bonds. The molecular weight excluding hydrogens is 222 g/mol. The molecule has 0 bridgehead atoms. The minimum atomic E-state index is -1.91. The largest absolute Gasteiger partial charge is 0.378 e. The van der Waals surface area contributed by atoms with Crippen LogP contribution in [0, 0.1) is 12.3 Å². The summed E-state index contributed by atoms with van der Waals surface area (Å²) >= 11 is 0. The molecule has 0 spiro atoms. The molecular formula is C15H13BP+. The monoisotopic (exact) mass is 235 g/mol. The van der Waals surface area contributed by atoms with Crippen LogP contribution in [0.4, 0.5) is 0 Å². The molecule has 0 atom stereocenters. The fraction of sp³-hybridized carbons (Fsp3) is 0.0667. The van der Waals surface area contributed by atoms with Gasteiger partial charge in [-0.25, -0.2) is 0 Å². The van der Waals surface area contributed by atoms with Crippen LogP contribution in [-0.4, -0.2) is 13.7 Å². The first-order valence-electron chi connectivity index (χ1n) is 5.49. The summed E-state index contributed by atoms with van der Waals surface area (Å²) in [5, 5.41) is 2.31. The highest BCUT2D eigenvalue weighted by atomic mass is 31.2. The van der Waals surface area contributed by atoms with Crippen LogP contribution in [0.15, 0.2) is 60.7 Å². The van der Waals surface area contributed by atoms with Crippen LogP contribution >= 0.6 is 7.14 Å². The van der Waals surface area contributed by atoms with Crippen molar-refractivity contribution in [3.05, 3.63) is 60.7 Å². The Balaban J connectivity index is 2.52. The van der Waals surface area contributed by atoms with Crippen molar-refractivity contribution in [2.24, 2.45) is 0 Å². The van der Waals surface area contributed by atoms with Crippen molar-refractivity contribution in [1.82, 2.24) is 0 Å². The number of terminal acetylenes is 1. The van der Waals surface area contributed by atoms with Gasteiger partial charge in [0.15, 0.2) is 0 Å². The van der Waals surface area contributed by atoms with Gasteiger partial charge in [-0.05, 0) is 24.3 Å². The third-order valence-electron chi connectivity index (χ3n) is 2.77. The van der Waals surface area contributed by atoms with Gasteiger partial charge in [0.2, 0.25) is 0 Å². The van der Waals surface area contributed by atoms with Crippen molar-refractivity contribution in [3.8, 4) is 12.3 Å². The van der Waals surface area contributed by atoms with Crippen LogP contribution in [0.5, 0.6) is 0 Å². The summed E-state index contributed by atoms with van der Waals surface area (Å²) in [7, 11) is 4.71. The second-order valence-electron chi connectivity index (χ2n) is 3.90. The standard InChI is InChI=1S/C15H13BP/c1-2-13-17(16,14-9-5-3-6-10-14)15-11-7-4-8-12-15/h1,3-12H,13H2/q+1. The molecule has 17 heavy (non-hydrogen) atoms. The van der Waals surface area contributed by atoms with Gasteiger partial charge in [0.05, 0.1) is 10.6 Å². The van der Waals surface area contributed by atoms with E-state index in [1.54, 1.807) is 0 Å². The molecule has 0 aliphatic rings. The molecule has 0 nitrogen and oxygen atoms in total. The van der Waals surface area contributed by atoms with E-state index in [1.165, 1.54) is 0 Å². The molecule has 0 unspecified atom stereocenters. The van der Waals surface area contributed by atoms with Crippen LogP contribution in [0.1, 0.15) is 0 Å². The fourth-order valence-electron chi connectivity index (χ4n) is 1.86. The maximum absolute atomic E-state index is 6.62. The maximum atomic E-state index is 6.62. The Kier molecular flexibility index (Phi) is 3.67. The Morgan fingerprint density at radius 3 is 1.65 bits per heavy atom. The summed E-state index contributed by atoms with van der Waals surface area (Å²) in [6.07, 6.45) is 6.09. The van der Waals surface area contributed by atoms with Gasteiger partial charge in [-0.3, -0.25) is 0 Å². The van der Waals surface area contributed by atoms with E-state index in [9.17, 15) is 0 Å². The van der Waals surface area contributed by atoms with Gasteiger partial charge in [0, 0.05) is 7.14 Å². The van der Waals surface area contributed by atoms with Gasteiger partial charge >= 0.3 is 7.57 Å². The summed E-state index contributed by atoms with van der Waals surface area (Å²) in [6, 6.07) is 20.3. The molecule has 80 valence electrons. The first-order chi connectivity index (χ1) is 8.27. The number of hydrogen-bond donors (Lipinski definition) is 0. The minimum absolute atomic E-state index is 0.598. The van der Waals surface area contributed by atoms with E-state index in [-0.39, 0.29) is 0 Å². The quantitative estimate of drug-likeness (QED) is 0.435. The van der Waals surface area contributed by atoms with E-state index >= 15 is 0 Å². The van der Waals surface area contributed by atoms with Gasteiger partial charge in [-0.1, -0.05) is 42.3 Å². The molecule has 0 heterocycles. The molecule has 0 saturated heterocycles. The highest BCUT2D eigenvalue weighted by Gasteiger charge is 2.36. The van der Waals surface area contributed by atoms with Crippen LogP contribution in [0.3, 0.4) is 0 Å². The van der Waals surface area contributed by atoms with Crippen molar-refractivity contribution in [2.75, 3.05) is 6.16 Å². The molecule has 0 aliphatic carbocycles. The molecule has 0 fully saturated rings. The SMILES string of the molecule is [B][P+](CC#C)(c1ccccc1)c1ccccc1. The Labute approximate surface area is 105 Å². The molecule has 0 N–H and O–H groups in total. The lowest BCUT2D eigenvalue weighted by Gasteiger charge is -2.21. The molecule has 0 saturated carbocycles. The number of hydrogen-bond acceptors (Lipinski definition) is 0. The smallest absolute Gasteiger partial charge is 0.116 e. The Morgan fingerprint density at radius 1 is 0.882 bits per heavy atom. The molecule has 2 aromatic rings. The van der Waals surface area contributed by atoms with Gasteiger partial charge < -0.3 is 0 Å². The third-order valence-corrected chi connectivity index (χ3v) is 5.90. The predicted molar refractivity (Wildman–Crippen MR) is 78.5 cm³/mol. The Hall–Kier alpha value is -1.51. The zero-order chi connectivity index (χ0) is 12.1. The maximum Gasteiger partial charge on any atom is 0.378 e. The van der Waals surface area contributed by atoms with E-state index in [0.717, 1.165) is 10.6 Å². The lowest BCUT2D eigenvalue weighted by atomic mass is 10.4. The van der Waals surface area contributed by atoms with Gasteiger partial charge in [0.25, 0.3) is 0 Å². The van der Waals surface area contributed by atoms with Gasteiger partial charge in [-0.15, -0.1) is 6.42 Å². The van der Waals surface area contributed by atoms with Crippen molar-refractivity contribution in [1.29, 1.82) is 0 Å². The predicted octanol–water partition coefficient (Wildman–Crippen LogP) is 2.37. The van der Waals surface area contributed by atoms with Crippen molar-refractivity contribution in [2.45, 2.75) is 0 Å². The summed E-state index contributed by atoms with van der Waals surface area (Å²) in [6.45, 7) is 0. The van der Waals surface area contributed by atoms with Crippen molar-refractivity contribution in [3.63, 3.8) is 0 Å². The summed E-state index contributed by atoms with van der Waals surface area (Å²) < 4.78 is 0. The van der Waals surface area contributed by atoms with Gasteiger partial charge in [0.1, 0.15) is 6.16 Å². The summed E-state index contributed by atoms with van der Waals surface area (Å²) in [4.78, 5) is 0. The van der Waals surface area contributed by atoms with Crippen LogP contribution in [0.25, 0.3) is 0 Å². The Morgan fingerprint density at radius 2 is 1.29 bits per heavy atom. The minimum Gasteiger partial charge on any atom is -0.116 e. The average molecular weight is 235 g/mol. The van der Waals surface area contributed by atoms with Crippen molar-refractivity contribution >= 4 is 25.3 Å². The van der Waals surface area contributed by atoms with E-state index in [0.29, 0.717) is 6.16 Å². The normalized spacial score (nSPS) is 10.8. The van der Waals surface area contributed by atoms with Crippen LogP contribution in [-0.2, 0) is 0 Å². The third kappa shape index (κ3) is 2.43. The number of benzene rings is 2. The molecule has 2 radical (unpaired) electrons. The zero-order valence-electron chi connectivity index (χ0n) is 9.58. The Bertz CT molecular complexity index is 474. The first-order valence-corrected chi connectivity index (χ1v) is 7.53. The lowest BCUT2D eigenvalue weighted by Crippen LogP contribution is -2.24. The number of rotatable bonds is 3. The van der Waals surface area contributed by atoms with Crippen molar-refractivity contribution < 1.29 is 0 Å². The second kappa shape index (κ2) is 5.22. The van der Waals surface area contributed by atoms with E-state index < -0.39 is 7.14 Å². The lowest BCUT2D eigenvalue weighted by molar-refractivity contribution is 1.72. The average Bonchev–Trinajstić information content (AvgIpc) is 2.41. The molecule has 2 aromatic carbocycles. The van der Waals surface area contributed by atoms with Crippen LogP contribution < -0.4 is 10.6 Å². The molecule has 0 aliphatic heterocycles. The fourth-order valence-corrected chi connectivity index (χ4v) is 4.22. The van der Waals surface area contributed by atoms with E-state index in [4.69, 9.17) is 14.0 Å². The van der Waals surface area contributed by atoms with E-state index in [1.807, 2.05) is 36.4 Å². The zero-order valence-corrected chi connectivity index (χ0v) is 10.5. The van der Waals surface area contributed by atoms with Gasteiger partial charge in [-0.2, -0.15) is 0 Å². The molecule has 2 heteroatoms. The molecule has 0 aromatic heterocycles. The second-order valence-corrected chi connectivity index (χ2v) is 6.99. The van der Waals surface area contributed by atoms with Crippen LogP contribution in [0.2, 0.25) is 0 Å². The summed E-state index contributed by atoms with van der Waals surface area (Å²) in [5.74, 6) is 2.73. The first kappa shape index (κ1) is 12.0. The topological polar surface area (TPSA) is 0 Å². The molecule has 2 rings (SSSR count). The summed E-state index contributed by atoms with van der Waals surface area (Å²) in [5.41, 5.74) is 0. The highest BCUT2D eigenvalue weighted by molar-refractivity contribution is 8.08.